The Hall–Kier alpha value is -3.07. The number of amides is 1. The van der Waals surface area contributed by atoms with Crippen LogP contribution in [0, 0.1) is 0 Å². The Morgan fingerprint density at radius 2 is 1.72 bits per heavy atom. The summed E-state index contributed by atoms with van der Waals surface area (Å²) in [4.78, 5) is 23.7. The van der Waals surface area contributed by atoms with Crippen molar-refractivity contribution >= 4 is 21.7 Å². The van der Waals surface area contributed by atoms with Crippen LogP contribution in [0.4, 0.5) is 0 Å². The van der Waals surface area contributed by atoms with E-state index in [1.54, 1.807) is 30.3 Å². The molecule has 29 heavy (non-hydrogen) atoms. The van der Waals surface area contributed by atoms with Crippen molar-refractivity contribution in [2.45, 2.75) is 11.3 Å². The third kappa shape index (κ3) is 6.49. The summed E-state index contributed by atoms with van der Waals surface area (Å²) in [7, 11) is -0.716. The number of benzene rings is 2. The van der Waals surface area contributed by atoms with Crippen LogP contribution in [0.5, 0.6) is 11.5 Å². The second-order valence-corrected chi connectivity index (χ2v) is 8.08. The topological polar surface area (TPSA) is 108 Å². The second kappa shape index (κ2) is 10.5. The number of rotatable bonds is 10. The number of esters is 1. The molecule has 0 aliphatic heterocycles. The third-order valence-corrected chi connectivity index (χ3v) is 5.79. The molecule has 1 amide bonds. The lowest BCUT2D eigenvalue weighted by molar-refractivity contribution is -0.142. The van der Waals surface area contributed by atoms with Gasteiger partial charge in [0.05, 0.1) is 24.9 Å². The van der Waals surface area contributed by atoms with Crippen LogP contribution < -0.4 is 14.8 Å². The van der Waals surface area contributed by atoms with Gasteiger partial charge in [-0.05, 0) is 36.8 Å². The first-order valence-corrected chi connectivity index (χ1v) is 10.5. The van der Waals surface area contributed by atoms with Crippen molar-refractivity contribution in [1.29, 1.82) is 0 Å². The molecule has 0 spiro atoms. The zero-order chi connectivity index (χ0) is 21.3. The molecular formula is C20H23NO7S. The van der Waals surface area contributed by atoms with Gasteiger partial charge >= 0.3 is 5.97 Å². The summed E-state index contributed by atoms with van der Waals surface area (Å²) in [5, 5.41) is 2.68. The lowest BCUT2D eigenvalue weighted by Gasteiger charge is -2.12. The van der Waals surface area contributed by atoms with E-state index in [1.165, 1.54) is 32.4 Å². The van der Waals surface area contributed by atoms with Crippen LogP contribution in [-0.2, 0) is 19.4 Å². The molecule has 0 atom stereocenters. The molecule has 0 aliphatic carbocycles. The minimum atomic E-state index is -3.38. The largest absolute Gasteiger partial charge is 0.493 e. The van der Waals surface area contributed by atoms with E-state index in [9.17, 15) is 18.0 Å². The van der Waals surface area contributed by atoms with E-state index in [-0.39, 0.29) is 41.9 Å². The number of methoxy groups -OCH3 is 2. The molecule has 0 saturated heterocycles. The van der Waals surface area contributed by atoms with Gasteiger partial charge < -0.3 is 19.5 Å². The molecule has 0 heterocycles. The predicted molar refractivity (Wildman–Crippen MR) is 106 cm³/mol. The quantitative estimate of drug-likeness (QED) is 0.461. The van der Waals surface area contributed by atoms with E-state index in [1.807, 2.05) is 0 Å². The summed E-state index contributed by atoms with van der Waals surface area (Å²) in [5.74, 6) is -0.406. The summed E-state index contributed by atoms with van der Waals surface area (Å²) in [6, 6.07) is 12.7. The Bertz CT molecular complexity index is 943. The number of hydrogen-bond donors (Lipinski definition) is 1. The Labute approximate surface area is 169 Å². The van der Waals surface area contributed by atoms with Crippen molar-refractivity contribution in [3.63, 3.8) is 0 Å². The smallest absolute Gasteiger partial charge is 0.343 e. The van der Waals surface area contributed by atoms with E-state index in [2.05, 4.69) is 10.1 Å². The standard InChI is InChI=1S/C20H23NO7S/c1-26-18-13-15(9-10-17(18)28-14-19(22)27-2)20(23)21-11-6-12-29(24,25)16-7-4-3-5-8-16/h3-5,7-10,13H,6,11-12,14H2,1-2H3,(H,21,23). The fourth-order valence-corrected chi connectivity index (χ4v) is 3.77. The van der Waals surface area contributed by atoms with Gasteiger partial charge in [-0.25, -0.2) is 13.2 Å². The van der Waals surface area contributed by atoms with Crippen LogP contribution in [0.15, 0.2) is 53.4 Å². The highest BCUT2D eigenvalue weighted by Crippen LogP contribution is 2.28. The summed E-state index contributed by atoms with van der Waals surface area (Å²) in [5.41, 5.74) is 0.318. The number of nitrogens with one attached hydrogen (secondary N) is 1. The van der Waals surface area contributed by atoms with Gasteiger partial charge in [0.2, 0.25) is 0 Å². The van der Waals surface area contributed by atoms with Gasteiger partial charge in [0, 0.05) is 12.1 Å². The van der Waals surface area contributed by atoms with Crippen LogP contribution in [0.2, 0.25) is 0 Å². The molecule has 0 radical (unpaired) electrons. The van der Waals surface area contributed by atoms with Gasteiger partial charge in [-0.2, -0.15) is 0 Å². The van der Waals surface area contributed by atoms with Gasteiger partial charge in [-0.3, -0.25) is 4.79 Å². The molecule has 8 nitrogen and oxygen atoms in total. The highest BCUT2D eigenvalue weighted by molar-refractivity contribution is 7.91. The van der Waals surface area contributed by atoms with E-state index in [4.69, 9.17) is 9.47 Å². The average molecular weight is 421 g/mol. The van der Waals surface area contributed by atoms with Crippen LogP contribution in [0.3, 0.4) is 0 Å². The summed E-state index contributed by atoms with van der Waals surface area (Å²) in [6.07, 6.45) is 0.278. The minimum Gasteiger partial charge on any atom is -0.493 e. The van der Waals surface area contributed by atoms with Gasteiger partial charge in [0.25, 0.3) is 5.91 Å². The third-order valence-electron chi connectivity index (χ3n) is 3.98. The predicted octanol–water partition coefficient (Wildman–Crippen LogP) is 1.84. The highest BCUT2D eigenvalue weighted by atomic mass is 32.2. The van der Waals surface area contributed by atoms with Crippen molar-refractivity contribution in [2.75, 3.05) is 33.1 Å². The molecule has 0 bridgehead atoms. The molecule has 0 aromatic heterocycles. The number of hydrogen-bond acceptors (Lipinski definition) is 7. The minimum absolute atomic E-state index is 0.0685. The van der Waals surface area contributed by atoms with E-state index in [0.717, 1.165) is 0 Å². The van der Waals surface area contributed by atoms with Crippen molar-refractivity contribution in [1.82, 2.24) is 5.32 Å². The maximum absolute atomic E-state index is 12.3. The lowest BCUT2D eigenvalue weighted by atomic mass is 10.2. The molecule has 0 unspecified atom stereocenters. The van der Waals surface area contributed by atoms with Gasteiger partial charge in [-0.15, -0.1) is 0 Å². The molecule has 2 aromatic carbocycles. The molecule has 1 N–H and O–H groups in total. The van der Waals surface area contributed by atoms with Gasteiger partial charge in [0.15, 0.2) is 27.9 Å². The second-order valence-electron chi connectivity index (χ2n) is 5.97. The van der Waals surface area contributed by atoms with E-state index >= 15 is 0 Å². The van der Waals surface area contributed by atoms with Gasteiger partial charge in [-0.1, -0.05) is 18.2 Å². The maximum atomic E-state index is 12.3. The SMILES string of the molecule is COC(=O)COc1ccc(C(=O)NCCCS(=O)(=O)c2ccccc2)cc1OC. The van der Waals surface area contributed by atoms with E-state index < -0.39 is 15.8 Å². The fourth-order valence-electron chi connectivity index (χ4n) is 2.44. The van der Waals surface area contributed by atoms with Crippen molar-refractivity contribution in [3.8, 4) is 11.5 Å². The van der Waals surface area contributed by atoms with Gasteiger partial charge in [0.1, 0.15) is 0 Å². The Morgan fingerprint density at radius 3 is 2.38 bits per heavy atom. The summed E-state index contributed by atoms with van der Waals surface area (Å²) in [6.45, 7) is -0.0813. The monoisotopic (exact) mass is 421 g/mol. The van der Waals surface area contributed by atoms with E-state index in [0.29, 0.717) is 11.3 Å². The molecule has 2 rings (SSSR count). The maximum Gasteiger partial charge on any atom is 0.343 e. The van der Waals surface area contributed by atoms with Crippen molar-refractivity contribution in [2.24, 2.45) is 0 Å². The van der Waals surface area contributed by atoms with Crippen LogP contribution in [0.1, 0.15) is 16.8 Å². The van der Waals surface area contributed by atoms with Crippen LogP contribution in [-0.4, -0.2) is 53.4 Å². The Balaban J connectivity index is 1.89. The molecule has 9 heteroatoms. The first kappa shape index (κ1) is 22.2. The Kier molecular flexibility index (Phi) is 8.02. The highest BCUT2D eigenvalue weighted by Gasteiger charge is 2.15. The summed E-state index contributed by atoms with van der Waals surface area (Å²) < 4.78 is 39.4. The molecule has 0 fully saturated rings. The molecule has 0 saturated carbocycles. The fraction of sp³-hybridized carbons (Fsp3) is 0.300. The number of sulfone groups is 1. The van der Waals surface area contributed by atoms with Crippen molar-refractivity contribution < 1.29 is 32.2 Å². The number of carbonyl (C=O) groups excluding carboxylic acids is 2. The Morgan fingerprint density at radius 1 is 1.00 bits per heavy atom. The normalized spacial score (nSPS) is 10.8. The van der Waals surface area contributed by atoms with Crippen LogP contribution in [0.25, 0.3) is 0 Å². The molecule has 2 aromatic rings. The molecular weight excluding hydrogens is 398 g/mol. The average Bonchev–Trinajstić information content (AvgIpc) is 2.75. The first-order chi connectivity index (χ1) is 13.9. The lowest BCUT2D eigenvalue weighted by Crippen LogP contribution is -2.26. The van der Waals surface area contributed by atoms with Crippen molar-refractivity contribution in [3.05, 3.63) is 54.1 Å². The zero-order valence-electron chi connectivity index (χ0n) is 16.2. The number of carbonyl (C=O) groups is 2. The summed E-state index contributed by atoms with van der Waals surface area (Å²) >= 11 is 0. The molecule has 156 valence electrons. The van der Waals surface area contributed by atoms with Crippen LogP contribution >= 0.6 is 0 Å². The number of ether oxygens (including phenoxy) is 3. The first-order valence-electron chi connectivity index (χ1n) is 8.81. The molecule has 0 aliphatic rings. The zero-order valence-corrected chi connectivity index (χ0v) is 17.0.